The Morgan fingerprint density at radius 3 is 2.08 bits per heavy atom. The maximum atomic E-state index is 6.69. The molecule has 0 radical (unpaired) electrons. The van der Waals surface area contributed by atoms with Crippen LogP contribution < -0.4 is 10.5 Å². The van der Waals surface area contributed by atoms with E-state index in [1.165, 1.54) is 16.7 Å². The van der Waals surface area contributed by atoms with Crippen molar-refractivity contribution in [3.05, 3.63) is 137 Å². The average Bonchev–Trinajstić information content (AvgIpc) is 3.37. The van der Waals surface area contributed by atoms with Gasteiger partial charge in [0.05, 0.1) is 6.04 Å². The Balaban J connectivity index is 1.39. The summed E-state index contributed by atoms with van der Waals surface area (Å²) in [7, 11) is 0. The first kappa shape index (κ1) is 24.8. The summed E-state index contributed by atoms with van der Waals surface area (Å²) in [5.41, 5.74) is 12.4. The normalized spacial score (nSPS) is 11.8. The van der Waals surface area contributed by atoms with Crippen LogP contribution in [0.2, 0.25) is 0 Å². The molecule has 1 heterocycles. The highest BCUT2D eigenvalue weighted by molar-refractivity contribution is 7.98. The van der Waals surface area contributed by atoms with Gasteiger partial charge in [0.25, 0.3) is 0 Å². The van der Waals surface area contributed by atoms with Crippen LogP contribution in [0.4, 0.5) is 0 Å². The van der Waals surface area contributed by atoms with Gasteiger partial charge in [0.1, 0.15) is 12.4 Å². The van der Waals surface area contributed by atoms with Gasteiger partial charge in [0.2, 0.25) is 0 Å². The van der Waals surface area contributed by atoms with Crippen molar-refractivity contribution in [1.29, 1.82) is 0 Å². The predicted molar refractivity (Wildman–Crippen MR) is 150 cm³/mol. The maximum Gasteiger partial charge on any atom is 0.196 e. The molecule has 0 unspecified atom stereocenters. The number of benzene rings is 4. The number of aryl methyl sites for hydroxylation is 1. The van der Waals surface area contributed by atoms with Crippen molar-refractivity contribution < 1.29 is 4.74 Å². The number of rotatable bonds is 10. The molecule has 5 nitrogen and oxygen atoms in total. The molecule has 0 aliphatic heterocycles. The number of thioether (sulfide) groups is 1. The minimum Gasteiger partial charge on any atom is -0.489 e. The lowest BCUT2D eigenvalue weighted by atomic mass is 10.1. The molecular formula is C31H30N4OS. The number of hydrogen-bond acceptors (Lipinski definition) is 5. The van der Waals surface area contributed by atoms with Crippen LogP contribution in [0.3, 0.4) is 0 Å². The fourth-order valence-electron chi connectivity index (χ4n) is 4.08. The van der Waals surface area contributed by atoms with Crippen LogP contribution in [0.5, 0.6) is 5.75 Å². The van der Waals surface area contributed by atoms with Crippen LogP contribution in [0.25, 0.3) is 5.69 Å². The molecule has 37 heavy (non-hydrogen) atoms. The van der Waals surface area contributed by atoms with E-state index >= 15 is 0 Å². The van der Waals surface area contributed by atoms with Crippen molar-refractivity contribution in [2.75, 3.05) is 0 Å². The summed E-state index contributed by atoms with van der Waals surface area (Å²) in [5, 5.41) is 9.92. The molecule has 5 rings (SSSR count). The fraction of sp³-hybridized carbons (Fsp3) is 0.161. The molecule has 6 heteroatoms. The summed E-state index contributed by atoms with van der Waals surface area (Å²) in [6, 6.07) is 36.8. The summed E-state index contributed by atoms with van der Waals surface area (Å²) < 4.78 is 8.07. The van der Waals surface area contributed by atoms with Crippen molar-refractivity contribution in [3.63, 3.8) is 0 Å². The van der Waals surface area contributed by atoms with E-state index in [1.54, 1.807) is 11.8 Å². The summed E-state index contributed by atoms with van der Waals surface area (Å²) in [6.07, 6.45) is 0.680. The van der Waals surface area contributed by atoms with E-state index in [4.69, 9.17) is 10.5 Å². The van der Waals surface area contributed by atoms with Gasteiger partial charge < -0.3 is 10.5 Å². The number of aromatic nitrogens is 3. The lowest BCUT2D eigenvalue weighted by Gasteiger charge is -2.16. The summed E-state index contributed by atoms with van der Waals surface area (Å²) >= 11 is 1.66. The van der Waals surface area contributed by atoms with Crippen molar-refractivity contribution in [2.45, 2.75) is 36.9 Å². The molecule has 4 aromatic carbocycles. The molecule has 0 saturated carbocycles. The molecule has 0 bridgehead atoms. The zero-order valence-corrected chi connectivity index (χ0v) is 21.6. The first-order chi connectivity index (χ1) is 18.2. The smallest absolute Gasteiger partial charge is 0.196 e. The van der Waals surface area contributed by atoms with E-state index in [9.17, 15) is 0 Å². The van der Waals surface area contributed by atoms with Gasteiger partial charge in [-0.3, -0.25) is 4.57 Å². The Bertz CT molecular complexity index is 1400. The molecule has 0 fully saturated rings. The summed E-state index contributed by atoms with van der Waals surface area (Å²) in [5.74, 6) is 2.35. The quantitative estimate of drug-likeness (QED) is 0.214. The lowest BCUT2D eigenvalue weighted by molar-refractivity contribution is 0.306. The standard InChI is InChI=1S/C31H30N4OS/c1-23-12-14-26(15-13-23)22-37-31-34-33-30(29(32)20-24-8-4-2-5-9-24)35(31)27-16-18-28(19-17-27)36-21-25-10-6-3-7-11-25/h2-19,29H,20-22,32H2,1H3/t29-/m0/s1. The van der Waals surface area contributed by atoms with E-state index in [2.05, 4.69) is 70.2 Å². The molecule has 5 aromatic rings. The SMILES string of the molecule is Cc1ccc(CSc2nnc([C@@H](N)Cc3ccccc3)n2-c2ccc(OCc3ccccc3)cc2)cc1. The van der Waals surface area contributed by atoms with Crippen LogP contribution in [0, 0.1) is 6.92 Å². The van der Waals surface area contributed by atoms with Crippen LogP contribution in [-0.2, 0) is 18.8 Å². The average molecular weight is 507 g/mol. The Morgan fingerprint density at radius 2 is 1.41 bits per heavy atom. The van der Waals surface area contributed by atoms with Gasteiger partial charge in [0.15, 0.2) is 11.0 Å². The molecule has 186 valence electrons. The topological polar surface area (TPSA) is 66.0 Å². The highest BCUT2D eigenvalue weighted by Crippen LogP contribution is 2.29. The Kier molecular flexibility index (Phi) is 7.99. The van der Waals surface area contributed by atoms with Crippen molar-refractivity contribution >= 4 is 11.8 Å². The monoisotopic (exact) mass is 506 g/mol. The van der Waals surface area contributed by atoms with Crippen LogP contribution >= 0.6 is 11.8 Å². The molecule has 0 amide bonds. The molecule has 2 N–H and O–H groups in total. The Labute approximate surface area is 222 Å². The van der Waals surface area contributed by atoms with Crippen LogP contribution in [0.1, 0.15) is 34.1 Å². The number of ether oxygens (including phenoxy) is 1. The third kappa shape index (κ3) is 6.47. The molecule has 1 atom stereocenters. The Hall–Kier alpha value is -3.87. The van der Waals surface area contributed by atoms with Gasteiger partial charge in [-0.25, -0.2) is 0 Å². The van der Waals surface area contributed by atoms with Crippen molar-refractivity contribution in [2.24, 2.45) is 5.73 Å². The largest absolute Gasteiger partial charge is 0.489 e. The number of nitrogens with zero attached hydrogens (tertiary/aromatic N) is 3. The maximum absolute atomic E-state index is 6.69. The third-order valence-corrected chi connectivity index (χ3v) is 7.12. The first-order valence-electron chi connectivity index (χ1n) is 12.4. The van der Waals surface area contributed by atoms with Gasteiger partial charge in [0, 0.05) is 11.4 Å². The van der Waals surface area contributed by atoms with E-state index in [1.807, 2.05) is 60.7 Å². The first-order valence-corrected chi connectivity index (χ1v) is 13.3. The molecule has 1 aromatic heterocycles. The third-order valence-electron chi connectivity index (χ3n) is 6.12. The van der Waals surface area contributed by atoms with E-state index in [-0.39, 0.29) is 6.04 Å². The second kappa shape index (κ2) is 11.9. The second-order valence-corrected chi connectivity index (χ2v) is 9.96. The van der Waals surface area contributed by atoms with Gasteiger partial charge in [-0.2, -0.15) is 0 Å². The van der Waals surface area contributed by atoms with Crippen molar-refractivity contribution in [1.82, 2.24) is 14.8 Å². The molecule has 0 aliphatic carbocycles. The van der Waals surface area contributed by atoms with Crippen LogP contribution in [0.15, 0.2) is 114 Å². The fourth-order valence-corrected chi connectivity index (χ4v) is 5.00. The summed E-state index contributed by atoms with van der Waals surface area (Å²) in [4.78, 5) is 0. The highest BCUT2D eigenvalue weighted by atomic mass is 32.2. The van der Waals surface area contributed by atoms with E-state index in [0.717, 1.165) is 33.7 Å². The zero-order chi connectivity index (χ0) is 25.5. The van der Waals surface area contributed by atoms with Gasteiger partial charge in [-0.1, -0.05) is 102 Å². The van der Waals surface area contributed by atoms with Gasteiger partial charge >= 0.3 is 0 Å². The molecule has 0 spiro atoms. The van der Waals surface area contributed by atoms with Gasteiger partial charge in [-0.05, 0) is 54.3 Å². The minimum atomic E-state index is -0.294. The van der Waals surface area contributed by atoms with Gasteiger partial charge in [-0.15, -0.1) is 10.2 Å². The minimum absolute atomic E-state index is 0.294. The summed E-state index contributed by atoms with van der Waals surface area (Å²) in [6.45, 7) is 2.62. The Morgan fingerprint density at radius 1 is 0.757 bits per heavy atom. The van der Waals surface area contributed by atoms with Crippen molar-refractivity contribution in [3.8, 4) is 11.4 Å². The number of hydrogen-bond donors (Lipinski definition) is 1. The molecular weight excluding hydrogens is 476 g/mol. The predicted octanol–water partition coefficient (Wildman–Crippen LogP) is 6.69. The highest BCUT2D eigenvalue weighted by Gasteiger charge is 2.20. The number of nitrogens with two attached hydrogens (primary N) is 1. The molecule has 0 aliphatic rings. The van der Waals surface area contributed by atoms with E-state index < -0.39 is 0 Å². The van der Waals surface area contributed by atoms with Crippen LogP contribution in [-0.4, -0.2) is 14.8 Å². The second-order valence-electron chi connectivity index (χ2n) is 9.01. The zero-order valence-electron chi connectivity index (χ0n) is 20.8. The lowest BCUT2D eigenvalue weighted by Crippen LogP contribution is -2.19. The van der Waals surface area contributed by atoms with E-state index in [0.29, 0.717) is 13.0 Å². The molecule has 0 saturated heterocycles.